The highest BCUT2D eigenvalue weighted by Gasteiger charge is 2.14. The molecule has 0 saturated heterocycles. The summed E-state index contributed by atoms with van der Waals surface area (Å²) in [4.78, 5) is 4.84. The molecule has 0 bridgehead atoms. The van der Waals surface area contributed by atoms with Gasteiger partial charge in [-0.3, -0.25) is 0 Å². The Labute approximate surface area is 176 Å². The predicted molar refractivity (Wildman–Crippen MR) is 124 cm³/mol. The topological polar surface area (TPSA) is 42.7 Å². The number of aromatic nitrogens is 3. The molecule has 0 aliphatic rings. The van der Waals surface area contributed by atoms with Crippen molar-refractivity contribution in [3.05, 3.63) is 96.2 Å². The Balaban J connectivity index is 1.59. The lowest BCUT2D eigenvalue weighted by molar-refractivity contribution is 0.769. The zero-order valence-corrected chi connectivity index (χ0v) is 17.2. The minimum absolute atomic E-state index is 0.359. The molecule has 5 rings (SSSR count). The molecular weight excluding hydrogens is 368 g/mol. The van der Waals surface area contributed by atoms with Crippen molar-refractivity contribution in [2.75, 3.05) is 5.32 Å². The van der Waals surface area contributed by atoms with Crippen molar-refractivity contribution < 1.29 is 0 Å². The Morgan fingerprint density at radius 3 is 2.03 bits per heavy atom. The minimum atomic E-state index is 0.359. The van der Waals surface area contributed by atoms with Gasteiger partial charge in [0.2, 0.25) is 0 Å². The number of hydrogen-bond donors (Lipinski definition) is 1. The predicted octanol–water partition coefficient (Wildman–Crippen LogP) is 6.31. The monoisotopic (exact) mass is 392 g/mol. The van der Waals surface area contributed by atoms with E-state index in [2.05, 4.69) is 73.8 Å². The van der Waals surface area contributed by atoms with Gasteiger partial charge < -0.3 is 5.32 Å². The second kappa shape index (κ2) is 7.64. The molecule has 4 nitrogen and oxygen atoms in total. The van der Waals surface area contributed by atoms with Gasteiger partial charge in [0.1, 0.15) is 5.82 Å². The average Bonchev–Trinajstić information content (AvgIpc) is 3.22. The Kier molecular flexibility index (Phi) is 4.68. The van der Waals surface area contributed by atoms with E-state index >= 15 is 0 Å². The van der Waals surface area contributed by atoms with Gasteiger partial charge in [0, 0.05) is 23.4 Å². The molecular formula is C26H24N4. The van der Waals surface area contributed by atoms with Crippen LogP contribution in [0.25, 0.3) is 27.5 Å². The highest BCUT2D eigenvalue weighted by atomic mass is 15.3. The van der Waals surface area contributed by atoms with E-state index in [9.17, 15) is 0 Å². The van der Waals surface area contributed by atoms with E-state index in [-0.39, 0.29) is 0 Å². The number of nitrogens with zero attached hydrogens (tertiary/aromatic N) is 3. The summed E-state index contributed by atoms with van der Waals surface area (Å²) in [5, 5.41) is 10.9. The summed E-state index contributed by atoms with van der Waals surface area (Å²) in [6.45, 7) is 5.04. The molecule has 0 spiro atoms. The van der Waals surface area contributed by atoms with Crippen molar-refractivity contribution in [3.63, 3.8) is 0 Å². The Morgan fingerprint density at radius 2 is 1.40 bits per heavy atom. The fourth-order valence-corrected chi connectivity index (χ4v) is 3.87. The van der Waals surface area contributed by atoms with Crippen LogP contribution in [-0.2, 0) is 6.54 Å². The summed E-state index contributed by atoms with van der Waals surface area (Å²) >= 11 is 0. The fourth-order valence-electron chi connectivity index (χ4n) is 3.87. The summed E-state index contributed by atoms with van der Waals surface area (Å²) in [5.41, 5.74) is 5.42. The van der Waals surface area contributed by atoms with Crippen LogP contribution in [0.5, 0.6) is 0 Å². The molecule has 0 amide bonds. The molecule has 0 saturated carbocycles. The van der Waals surface area contributed by atoms with Gasteiger partial charge in [-0.25, -0.2) is 9.67 Å². The van der Waals surface area contributed by atoms with E-state index < -0.39 is 0 Å². The molecule has 0 aliphatic heterocycles. The Morgan fingerprint density at radius 1 is 0.800 bits per heavy atom. The maximum Gasteiger partial charge on any atom is 0.130 e. The summed E-state index contributed by atoms with van der Waals surface area (Å²) in [6, 6.07) is 29.1. The van der Waals surface area contributed by atoms with Crippen LogP contribution in [0.3, 0.4) is 0 Å². The van der Waals surface area contributed by atoms with Crippen molar-refractivity contribution in [1.29, 1.82) is 0 Å². The van der Waals surface area contributed by atoms with Crippen LogP contribution in [0.2, 0.25) is 0 Å². The van der Waals surface area contributed by atoms with Gasteiger partial charge in [-0.1, -0.05) is 68.4 Å². The summed E-state index contributed by atoms with van der Waals surface area (Å²) in [5.74, 6) is 1.35. The number of rotatable bonds is 5. The van der Waals surface area contributed by atoms with Crippen molar-refractivity contribution in [1.82, 2.24) is 14.8 Å². The number of hydrogen-bond acceptors (Lipinski definition) is 3. The number of nitrogens with one attached hydrogen (secondary N) is 1. The molecule has 4 heteroatoms. The van der Waals surface area contributed by atoms with Crippen molar-refractivity contribution >= 4 is 27.6 Å². The van der Waals surface area contributed by atoms with Crippen LogP contribution in [0, 0.1) is 0 Å². The normalized spacial score (nSPS) is 11.4. The third-order valence-electron chi connectivity index (χ3n) is 5.47. The first-order valence-electron chi connectivity index (χ1n) is 10.4. The number of para-hydroxylation sites is 3. The third kappa shape index (κ3) is 3.30. The van der Waals surface area contributed by atoms with Crippen LogP contribution in [0.4, 0.5) is 5.82 Å². The second-order valence-electron chi connectivity index (χ2n) is 7.83. The lowest BCUT2D eigenvalue weighted by atomic mass is 10.0. The largest absolute Gasteiger partial charge is 0.366 e. The van der Waals surface area contributed by atoms with Crippen molar-refractivity contribution in [2.45, 2.75) is 26.3 Å². The van der Waals surface area contributed by atoms with E-state index in [4.69, 9.17) is 10.1 Å². The maximum atomic E-state index is 4.86. The fraction of sp³-hybridized carbons (Fsp3) is 0.154. The molecule has 1 N–H and O–H groups in total. The molecule has 0 aliphatic carbocycles. The van der Waals surface area contributed by atoms with Crippen LogP contribution >= 0.6 is 0 Å². The number of pyridine rings is 1. The van der Waals surface area contributed by atoms with Gasteiger partial charge in [-0.05, 0) is 35.7 Å². The SMILES string of the molecule is CC(C)c1cc(NCc2c3ccccc3nc3ccccc23)n(-c2ccccc2)n1. The highest BCUT2D eigenvalue weighted by Crippen LogP contribution is 2.28. The quantitative estimate of drug-likeness (QED) is 0.356. The third-order valence-corrected chi connectivity index (χ3v) is 5.47. The zero-order valence-electron chi connectivity index (χ0n) is 17.2. The first-order chi connectivity index (χ1) is 14.7. The van der Waals surface area contributed by atoms with Crippen LogP contribution < -0.4 is 5.32 Å². The first-order valence-corrected chi connectivity index (χ1v) is 10.4. The first kappa shape index (κ1) is 18.4. The van der Waals surface area contributed by atoms with Gasteiger partial charge in [0.05, 0.1) is 22.4 Å². The number of anilines is 1. The van der Waals surface area contributed by atoms with Crippen LogP contribution in [0.15, 0.2) is 84.9 Å². The van der Waals surface area contributed by atoms with E-state index in [0.717, 1.165) is 28.2 Å². The zero-order chi connectivity index (χ0) is 20.5. The van der Waals surface area contributed by atoms with Gasteiger partial charge >= 0.3 is 0 Å². The molecule has 2 aromatic heterocycles. The molecule has 0 fully saturated rings. The van der Waals surface area contributed by atoms with E-state index in [1.165, 1.54) is 16.3 Å². The minimum Gasteiger partial charge on any atom is -0.366 e. The summed E-state index contributed by atoms with van der Waals surface area (Å²) < 4.78 is 2.00. The van der Waals surface area contributed by atoms with Crippen molar-refractivity contribution in [3.8, 4) is 5.69 Å². The van der Waals surface area contributed by atoms with E-state index in [1.54, 1.807) is 0 Å². The Hall–Kier alpha value is -3.66. The highest BCUT2D eigenvalue weighted by molar-refractivity contribution is 5.97. The van der Waals surface area contributed by atoms with E-state index in [0.29, 0.717) is 12.5 Å². The van der Waals surface area contributed by atoms with Gasteiger partial charge in [0.25, 0.3) is 0 Å². The van der Waals surface area contributed by atoms with Gasteiger partial charge in [0.15, 0.2) is 0 Å². The molecule has 148 valence electrons. The number of fused-ring (bicyclic) bond motifs is 2. The standard InChI is InChI=1S/C26H24N4/c1-18(2)25-16-26(30(29-25)19-10-4-3-5-11-19)27-17-22-20-12-6-8-14-23(20)28-24-15-9-7-13-21(22)24/h3-16,18,27H,17H2,1-2H3. The van der Waals surface area contributed by atoms with Crippen LogP contribution in [0.1, 0.15) is 31.0 Å². The van der Waals surface area contributed by atoms with Gasteiger partial charge in [-0.15, -0.1) is 0 Å². The average molecular weight is 393 g/mol. The second-order valence-corrected chi connectivity index (χ2v) is 7.83. The summed E-state index contributed by atoms with van der Waals surface area (Å²) in [6.07, 6.45) is 0. The number of benzene rings is 3. The lowest BCUT2D eigenvalue weighted by Crippen LogP contribution is -2.07. The molecule has 5 aromatic rings. The smallest absolute Gasteiger partial charge is 0.130 e. The molecule has 3 aromatic carbocycles. The Bertz CT molecular complexity index is 1270. The van der Waals surface area contributed by atoms with Crippen LogP contribution in [-0.4, -0.2) is 14.8 Å². The van der Waals surface area contributed by atoms with Gasteiger partial charge in [-0.2, -0.15) is 5.10 Å². The molecule has 30 heavy (non-hydrogen) atoms. The van der Waals surface area contributed by atoms with E-state index in [1.807, 2.05) is 35.0 Å². The maximum absolute atomic E-state index is 4.86. The molecule has 2 heterocycles. The molecule has 0 radical (unpaired) electrons. The molecule has 0 atom stereocenters. The summed E-state index contributed by atoms with van der Waals surface area (Å²) in [7, 11) is 0. The van der Waals surface area contributed by atoms with Crippen molar-refractivity contribution in [2.24, 2.45) is 0 Å². The lowest BCUT2D eigenvalue weighted by Gasteiger charge is -2.14. The molecule has 0 unspecified atom stereocenters.